The standard InChI is InChI=1S/C13H10Br2N2OS/c14-11-6-8(12(15)19-11)13(18)17-5-4-7-9(16)2-1-3-10(7)17/h1-3,6H,4-5,16H2. The van der Waals surface area contributed by atoms with Crippen molar-refractivity contribution in [2.75, 3.05) is 17.2 Å². The molecule has 0 saturated carbocycles. The maximum absolute atomic E-state index is 12.6. The Morgan fingerprint density at radius 3 is 2.84 bits per heavy atom. The van der Waals surface area contributed by atoms with E-state index in [2.05, 4.69) is 31.9 Å². The molecular formula is C13H10Br2N2OS. The zero-order valence-corrected chi connectivity index (χ0v) is 13.8. The Hall–Kier alpha value is -0.850. The van der Waals surface area contributed by atoms with Crippen LogP contribution in [0.3, 0.4) is 0 Å². The molecule has 0 fully saturated rings. The number of nitrogens with two attached hydrogens (primary N) is 1. The Bertz CT molecular complexity index is 669. The first-order chi connectivity index (χ1) is 9.08. The van der Waals surface area contributed by atoms with E-state index in [-0.39, 0.29) is 5.91 Å². The van der Waals surface area contributed by atoms with Crippen LogP contribution in [0, 0.1) is 0 Å². The van der Waals surface area contributed by atoms with E-state index in [9.17, 15) is 4.79 Å². The van der Waals surface area contributed by atoms with Crippen molar-refractivity contribution in [1.29, 1.82) is 0 Å². The number of amides is 1. The number of hydrogen-bond donors (Lipinski definition) is 1. The number of carbonyl (C=O) groups is 1. The van der Waals surface area contributed by atoms with Crippen LogP contribution in [0.25, 0.3) is 0 Å². The summed E-state index contributed by atoms with van der Waals surface area (Å²) >= 11 is 8.34. The molecule has 1 aliphatic heterocycles. The van der Waals surface area contributed by atoms with Crippen LogP contribution in [0.2, 0.25) is 0 Å². The zero-order valence-electron chi connectivity index (χ0n) is 9.82. The lowest BCUT2D eigenvalue weighted by Gasteiger charge is -2.17. The zero-order chi connectivity index (χ0) is 13.6. The molecule has 2 heterocycles. The molecule has 1 aromatic carbocycles. The second kappa shape index (κ2) is 4.92. The van der Waals surface area contributed by atoms with Crippen LogP contribution in [-0.4, -0.2) is 12.5 Å². The largest absolute Gasteiger partial charge is 0.398 e. The van der Waals surface area contributed by atoms with E-state index in [1.807, 2.05) is 24.3 Å². The van der Waals surface area contributed by atoms with E-state index < -0.39 is 0 Å². The Labute approximate surface area is 131 Å². The second-order valence-corrected chi connectivity index (χ2v) is 8.04. The smallest absolute Gasteiger partial charge is 0.260 e. The number of fused-ring (bicyclic) bond motifs is 1. The van der Waals surface area contributed by atoms with Crippen LogP contribution in [0.15, 0.2) is 31.8 Å². The van der Waals surface area contributed by atoms with Gasteiger partial charge in [0.2, 0.25) is 0 Å². The number of anilines is 2. The summed E-state index contributed by atoms with van der Waals surface area (Å²) in [5.41, 5.74) is 9.40. The molecule has 1 aromatic heterocycles. The van der Waals surface area contributed by atoms with Crippen LogP contribution in [0.1, 0.15) is 15.9 Å². The molecule has 0 saturated heterocycles. The number of halogens is 2. The van der Waals surface area contributed by atoms with Gasteiger partial charge in [0.25, 0.3) is 5.91 Å². The Morgan fingerprint density at radius 1 is 1.37 bits per heavy atom. The van der Waals surface area contributed by atoms with Crippen LogP contribution >= 0.6 is 43.2 Å². The van der Waals surface area contributed by atoms with Gasteiger partial charge in [0.15, 0.2) is 0 Å². The molecule has 2 N–H and O–H groups in total. The second-order valence-electron chi connectivity index (χ2n) is 4.29. The summed E-state index contributed by atoms with van der Waals surface area (Å²) < 4.78 is 1.79. The van der Waals surface area contributed by atoms with Gasteiger partial charge in [-0.2, -0.15) is 0 Å². The molecule has 98 valence electrons. The van der Waals surface area contributed by atoms with Gasteiger partial charge >= 0.3 is 0 Å². The minimum absolute atomic E-state index is 0.0122. The van der Waals surface area contributed by atoms with Crippen molar-refractivity contribution < 1.29 is 4.79 Å². The number of thiophene rings is 1. The summed E-state index contributed by atoms with van der Waals surface area (Å²) in [6.07, 6.45) is 0.816. The fourth-order valence-electron chi connectivity index (χ4n) is 2.30. The van der Waals surface area contributed by atoms with E-state index in [1.54, 1.807) is 4.90 Å². The molecule has 0 unspecified atom stereocenters. The minimum Gasteiger partial charge on any atom is -0.398 e. The van der Waals surface area contributed by atoms with Gasteiger partial charge in [-0.15, -0.1) is 11.3 Å². The maximum atomic E-state index is 12.6. The molecule has 0 radical (unpaired) electrons. The summed E-state index contributed by atoms with van der Waals surface area (Å²) in [5, 5.41) is 0. The summed E-state index contributed by atoms with van der Waals surface area (Å²) in [7, 11) is 0. The monoisotopic (exact) mass is 400 g/mol. The first-order valence-corrected chi connectivity index (χ1v) is 8.12. The van der Waals surface area contributed by atoms with Crippen LogP contribution in [0.4, 0.5) is 11.4 Å². The van der Waals surface area contributed by atoms with E-state index in [0.717, 1.165) is 30.9 Å². The van der Waals surface area contributed by atoms with Gasteiger partial charge in [0, 0.05) is 23.5 Å². The molecule has 0 bridgehead atoms. The van der Waals surface area contributed by atoms with Crippen molar-refractivity contribution in [2.45, 2.75) is 6.42 Å². The highest BCUT2D eigenvalue weighted by atomic mass is 79.9. The molecule has 1 amide bonds. The van der Waals surface area contributed by atoms with Gasteiger partial charge in [-0.1, -0.05) is 6.07 Å². The first kappa shape index (κ1) is 13.1. The molecule has 1 aliphatic rings. The van der Waals surface area contributed by atoms with E-state index in [0.29, 0.717) is 12.1 Å². The molecule has 0 aliphatic carbocycles. The number of nitrogens with zero attached hydrogens (tertiary/aromatic N) is 1. The third kappa shape index (κ3) is 2.22. The van der Waals surface area contributed by atoms with Crippen LogP contribution in [0.5, 0.6) is 0 Å². The third-order valence-electron chi connectivity index (χ3n) is 3.20. The highest BCUT2D eigenvalue weighted by molar-refractivity contribution is 9.12. The molecule has 19 heavy (non-hydrogen) atoms. The summed E-state index contributed by atoms with van der Waals surface area (Å²) in [6.45, 7) is 0.683. The molecule has 0 spiro atoms. The minimum atomic E-state index is 0.0122. The molecule has 6 heteroatoms. The lowest BCUT2D eigenvalue weighted by molar-refractivity contribution is 0.0989. The Balaban J connectivity index is 2.00. The van der Waals surface area contributed by atoms with E-state index >= 15 is 0 Å². The van der Waals surface area contributed by atoms with Gasteiger partial charge in [-0.25, -0.2) is 0 Å². The van der Waals surface area contributed by atoms with E-state index in [1.165, 1.54) is 11.3 Å². The lowest BCUT2D eigenvalue weighted by atomic mass is 10.1. The highest BCUT2D eigenvalue weighted by Crippen LogP contribution is 2.37. The molecule has 3 rings (SSSR count). The number of hydrogen-bond acceptors (Lipinski definition) is 3. The highest BCUT2D eigenvalue weighted by Gasteiger charge is 2.28. The Morgan fingerprint density at radius 2 is 2.16 bits per heavy atom. The number of benzene rings is 1. The van der Waals surface area contributed by atoms with Crippen molar-refractivity contribution in [1.82, 2.24) is 0 Å². The quantitative estimate of drug-likeness (QED) is 0.732. The average Bonchev–Trinajstić information content (AvgIpc) is 2.93. The molecule has 0 atom stereocenters. The molecular weight excluding hydrogens is 392 g/mol. The number of nitrogen functional groups attached to an aromatic ring is 1. The summed E-state index contributed by atoms with van der Waals surface area (Å²) in [5.74, 6) is 0.0122. The summed E-state index contributed by atoms with van der Waals surface area (Å²) in [4.78, 5) is 14.4. The van der Waals surface area contributed by atoms with Crippen molar-refractivity contribution in [3.05, 3.63) is 43.0 Å². The lowest BCUT2D eigenvalue weighted by Crippen LogP contribution is -2.28. The van der Waals surface area contributed by atoms with Crippen molar-refractivity contribution in [2.24, 2.45) is 0 Å². The maximum Gasteiger partial charge on any atom is 0.260 e. The third-order valence-corrected chi connectivity index (χ3v) is 5.54. The molecule has 3 nitrogen and oxygen atoms in total. The molecule has 2 aromatic rings. The van der Waals surface area contributed by atoms with Crippen LogP contribution < -0.4 is 10.6 Å². The van der Waals surface area contributed by atoms with Crippen molar-refractivity contribution >= 4 is 60.5 Å². The summed E-state index contributed by atoms with van der Waals surface area (Å²) in [6, 6.07) is 7.57. The number of carbonyl (C=O) groups excluding carboxylic acids is 1. The van der Waals surface area contributed by atoms with Crippen LogP contribution in [-0.2, 0) is 6.42 Å². The first-order valence-electron chi connectivity index (χ1n) is 5.72. The topological polar surface area (TPSA) is 46.3 Å². The fourth-order valence-corrected chi connectivity index (χ4v) is 5.08. The normalized spacial score (nSPS) is 13.7. The van der Waals surface area contributed by atoms with Crippen molar-refractivity contribution in [3.63, 3.8) is 0 Å². The average molecular weight is 402 g/mol. The van der Waals surface area contributed by atoms with Gasteiger partial charge in [0.05, 0.1) is 13.1 Å². The SMILES string of the molecule is Nc1cccc2c1CCN2C(=O)c1cc(Br)sc1Br. The van der Waals surface area contributed by atoms with Gasteiger partial charge in [0.1, 0.15) is 0 Å². The predicted molar refractivity (Wildman–Crippen MR) is 86.0 cm³/mol. The fraction of sp³-hybridized carbons (Fsp3) is 0.154. The van der Waals surface area contributed by atoms with Crippen molar-refractivity contribution in [3.8, 4) is 0 Å². The number of rotatable bonds is 1. The Kier molecular flexibility index (Phi) is 3.41. The van der Waals surface area contributed by atoms with Gasteiger partial charge in [-0.3, -0.25) is 4.79 Å². The van der Waals surface area contributed by atoms with Gasteiger partial charge in [-0.05, 0) is 56.5 Å². The predicted octanol–water partition coefficient (Wildman–Crippen LogP) is 4.06. The van der Waals surface area contributed by atoms with Gasteiger partial charge < -0.3 is 10.6 Å². The van der Waals surface area contributed by atoms with E-state index in [4.69, 9.17) is 5.73 Å².